The van der Waals surface area contributed by atoms with E-state index >= 15 is 0 Å². The molecule has 0 bridgehead atoms. The second-order valence-electron chi connectivity index (χ2n) is 5.68. The van der Waals surface area contributed by atoms with Crippen molar-refractivity contribution in [1.29, 1.82) is 0 Å². The number of esters is 1. The molecule has 3 rings (SSSR count). The zero-order chi connectivity index (χ0) is 16.2. The number of carbonyl (C=O) groups excluding carboxylic acids is 1. The largest absolute Gasteiger partial charge is 0.465 e. The van der Waals surface area contributed by atoms with E-state index in [1.807, 2.05) is 17.8 Å². The Morgan fingerprint density at radius 1 is 1.52 bits per heavy atom. The van der Waals surface area contributed by atoms with Gasteiger partial charge in [-0.3, -0.25) is 9.67 Å². The third-order valence-corrected chi connectivity index (χ3v) is 4.04. The van der Waals surface area contributed by atoms with Crippen LogP contribution in [0.15, 0.2) is 24.7 Å². The van der Waals surface area contributed by atoms with Crippen LogP contribution >= 0.6 is 0 Å². The van der Waals surface area contributed by atoms with Gasteiger partial charge in [0.15, 0.2) is 5.82 Å². The molecule has 23 heavy (non-hydrogen) atoms. The van der Waals surface area contributed by atoms with Crippen LogP contribution < -0.4 is 10.6 Å². The van der Waals surface area contributed by atoms with E-state index in [4.69, 9.17) is 4.74 Å². The van der Waals surface area contributed by atoms with Gasteiger partial charge in [0.2, 0.25) is 0 Å². The van der Waals surface area contributed by atoms with Gasteiger partial charge in [-0.05, 0) is 32.4 Å². The molecule has 2 aromatic heterocycles. The second kappa shape index (κ2) is 6.78. The fourth-order valence-electron chi connectivity index (χ4n) is 2.76. The van der Waals surface area contributed by atoms with Crippen molar-refractivity contribution in [2.24, 2.45) is 0 Å². The van der Waals surface area contributed by atoms with E-state index in [2.05, 4.69) is 20.7 Å². The zero-order valence-electron chi connectivity index (χ0n) is 13.4. The van der Waals surface area contributed by atoms with E-state index in [1.54, 1.807) is 18.5 Å². The maximum atomic E-state index is 11.8. The van der Waals surface area contributed by atoms with Gasteiger partial charge in [0, 0.05) is 24.5 Å². The molecule has 1 saturated heterocycles. The predicted octanol–water partition coefficient (Wildman–Crippen LogP) is 2.04. The Morgan fingerprint density at radius 3 is 3.13 bits per heavy atom. The van der Waals surface area contributed by atoms with Crippen LogP contribution in [0.3, 0.4) is 0 Å². The molecule has 122 valence electrons. The molecule has 0 spiro atoms. The molecule has 3 heterocycles. The lowest BCUT2D eigenvalue weighted by Crippen LogP contribution is -2.31. The number of piperidine rings is 1. The van der Waals surface area contributed by atoms with Crippen LogP contribution in [-0.4, -0.2) is 40.9 Å². The van der Waals surface area contributed by atoms with Crippen molar-refractivity contribution in [3.05, 3.63) is 35.8 Å². The number of methoxy groups -OCH3 is 1. The molecular weight excluding hydrogens is 294 g/mol. The number of carbonyl (C=O) groups is 1. The monoisotopic (exact) mass is 315 g/mol. The Bertz CT molecular complexity index is 692. The highest BCUT2D eigenvalue weighted by Crippen LogP contribution is 2.24. The number of anilines is 2. The third-order valence-electron chi connectivity index (χ3n) is 4.04. The van der Waals surface area contributed by atoms with E-state index < -0.39 is 5.97 Å². The van der Waals surface area contributed by atoms with Crippen LogP contribution in [-0.2, 0) is 4.74 Å². The van der Waals surface area contributed by atoms with Crippen LogP contribution in [0.1, 0.15) is 34.8 Å². The molecule has 2 N–H and O–H groups in total. The minimum Gasteiger partial charge on any atom is -0.465 e. The summed E-state index contributed by atoms with van der Waals surface area (Å²) in [6, 6.07) is 2.00. The molecule has 1 fully saturated rings. The lowest BCUT2D eigenvalue weighted by molar-refractivity contribution is 0.0602. The van der Waals surface area contributed by atoms with Crippen molar-refractivity contribution in [2.45, 2.75) is 25.8 Å². The number of aryl methyl sites for hydroxylation is 1. The number of ether oxygens (including phenoxy) is 1. The quantitative estimate of drug-likeness (QED) is 0.840. The smallest absolute Gasteiger partial charge is 0.340 e. The summed E-state index contributed by atoms with van der Waals surface area (Å²) in [4.78, 5) is 15.9. The summed E-state index contributed by atoms with van der Waals surface area (Å²) in [5.74, 6) is 0.331. The molecule has 0 aromatic carbocycles. The molecule has 7 nitrogen and oxygen atoms in total. The van der Waals surface area contributed by atoms with E-state index in [1.165, 1.54) is 7.11 Å². The minimum absolute atomic E-state index is 0.368. The number of hydrogen-bond donors (Lipinski definition) is 2. The standard InChI is InChI=1S/C16H21N5O2/c1-11-10-21(12-4-3-6-17-8-12)20-15(11)19-14-9-18-7-5-13(14)16(22)23-2/h5,7,9-10,12,17H,3-4,6,8H2,1-2H3,(H,19,20). The van der Waals surface area contributed by atoms with Crippen LogP contribution in [0.2, 0.25) is 0 Å². The summed E-state index contributed by atoms with van der Waals surface area (Å²) >= 11 is 0. The average Bonchev–Trinajstić information content (AvgIpc) is 2.96. The van der Waals surface area contributed by atoms with Crippen molar-refractivity contribution in [3.63, 3.8) is 0 Å². The van der Waals surface area contributed by atoms with Gasteiger partial charge in [0.25, 0.3) is 0 Å². The molecule has 2 aromatic rings. The van der Waals surface area contributed by atoms with Crippen molar-refractivity contribution >= 4 is 17.5 Å². The number of hydrogen-bond acceptors (Lipinski definition) is 6. The Labute approximate surface area is 135 Å². The first-order valence-electron chi connectivity index (χ1n) is 7.75. The van der Waals surface area contributed by atoms with E-state index in [9.17, 15) is 4.79 Å². The zero-order valence-corrected chi connectivity index (χ0v) is 13.4. The Kier molecular flexibility index (Phi) is 4.57. The van der Waals surface area contributed by atoms with Gasteiger partial charge in [-0.15, -0.1) is 0 Å². The topological polar surface area (TPSA) is 81.1 Å². The van der Waals surface area contributed by atoms with Crippen molar-refractivity contribution in [3.8, 4) is 0 Å². The lowest BCUT2D eigenvalue weighted by atomic mass is 10.1. The molecule has 0 aliphatic carbocycles. The number of nitrogens with one attached hydrogen (secondary N) is 2. The van der Waals surface area contributed by atoms with Gasteiger partial charge in [-0.2, -0.15) is 5.10 Å². The molecular formula is C16H21N5O2. The summed E-state index contributed by atoms with van der Waals surface area (Å²) in [5, 5.41) is 11.2. The summed E-state index contributed by atoms with van der Waals surface area (Å²) in [5.41, 5.74) is 2.06. The van der Waals surface area contributed by atoms with Gasteiger partial charge in [-0.25, -0.2) is 4.79 Å². The minimum atomic E-state index is -0.400. The number of aromatic nitrogens is 3. The fraction of sp³-hybridized carbons (Fsp3) is 0.438. The Hall–Kier alpha value is -2.41. The van der Waals surface area contributed by atoms with Gasteiger partial charge in [-0.1, -0.05) is 0 Å². The van der Waals surface area contributed by atoms with Gasteiger partial charge < -0.3 is 15.4 Å². The highest BCUT2D eigenvalue weighted by molar-refractivity contribution is 5.96. The third kappa shape index (κ3) is 3.34. The van der Waals surface area contributed by atoms with Gasteiger partial charge in [0.05, 0.1) is 30.6 Å². The number of nitrogens with zero attached hydrogens (tertiary/aromatic N) is 3. The molecule has 1 atom stereocenters. The first kappa shape index (κ1) is 15.5. The van der Waals surface area contributed by atoms with Crippen molar-refractivity contribution < 1.29 is 9.53 Å². The Morgan fingerprint density at radius 2 is 2.39 bits per heavy atom. The summed E-state index contributed by atoms with van der Waals surface area (Å²) in [7, 11) is 1.36. The van der Waals surface area contributed by atoms with Gasteiger partial charge in [0.1, 0.15) is 0 Å². The maximum Gasteiger partial charge on any atom is 0.340 e. The van der Waals surface area contributed by atoms with Crippen molar-refractivity contribution in [2.75, 3.05) is 25.5 Å². The second-order valence-corrected chi connectivity index (χ2v) is 5.68. The van der Waals surface area contributed by atoms with Crippen LogP contribution in [0.5, 0.6) is 0 Å². The van der Waals surface area contributed by atoms with E-state index in [-0.39, 0.29) is 0 Å². The first-order chi connectivity index (χ1) is 11.2. The predicted molar refractivity (Wildman–Crippen MR) is 87.0 cm³/mol. The number of rotatable bonds is 4. The molecule has 0 amide bonds. The normalized spacial score (nSPS) is 17.7. The van der Waals surface area contributed by atoms with Crippen LogP contribution in [0, 0.1) is 6.92 Å². The van der Waals surface area contributed by atoms with Crippen molar-refractivity contribution in [1.82, 2.24) is 20.1 Å². The highest BCUT2D eigenvalue weighted by Gasteiger charge is 2.18. The van der Waals surface area contributed by atoms with Crippen LogP contribution in [0.25, 0.3) is 0 Å². The fourth-order valence-corrected chi connectivity index (χ4v) is 2.76. The van der Waals surface area contributed by atoms with Gasteiger partial charge >= 0.3 is 5.97 Å². The molecule has 1 aliphatic heterocycles. The van der Waals surface area contributed by atoms with E-state index in [0.29, 0.717) is 17.3 Å². The lowest BCUT2D eigenvalue weighted by Gasteiger charge is -2.22. The summed E-state index contributed by atoms with van der Waals surface area (Å²) in [6.07, 6.45) is 7.48. The molecule has 0 radical (unpaired) electrons. The Balaban J connectivity index is 1.83. The SMILES string of the molecule is COC(=O)c1ccncc1Nc1nn(C2CCCNC2)cc1C. The molecule has 1 aliphatic rings. The molecule has 7 heteroatoms. The average molecular weight is 315 g/mol. The summed E-state index contributed by atoms with van der Waals surface area (Å²) in [6.45, 7) is 4.00. The highest BCUT2D eigenvalue weighted by atomic mass is 16.5. The maximum absolute atomic E-state index is 11.8. The number of pyridine rings is 1. The summed E-state index contributed by atoms with van der Waals surface area (Å²) < 4.78 is 6.80. The molecule has 1 unspecified atom stereocenters. The molecule has 0 saturated carbocycles. The van der Waals surface area contributed by atoms with Crippen LogP contribution in [0.4, 0.5) is 11.5 Å². The first-order valence-corrected chi connectivity index (χ1v) is 7.75. The van der Waals surface area contributed by atoms with E-state index in [0.717, 1.165) is 37.3 Å².